The number of likely N-dealkylation sites (N-methyl/N-ethyl adjacent to an activating group) is 2. The molecule has 0 saturated carbocycles. The summed E-state index contributed by atoms with van der Waals surface area (Å²) in [5, 5.41) is 3.07. The molecule has 3 atom stereocenters. The number of ether oxygens (including phenoxy) is 1. The maximum absolute atomic E-state index is 13.6. The summed E-state index contributed by atoms with van der Waals surface area (Å²) in [5.41, 5.74) is 0.00719. The van der Waals surface area contributed by atoms with Crippen LogP contribution in [0.15, 0.2) is 11.6 Å². The molecule has 1 N–H and O–H groups in total. The third-order valence-electron chi connectivity index (χ3n) is 6.22. The van der Waals surface area contributed by atoms with Crippen molar-refractivity contribution in [3.05, 3.63) is 11.6 Å². The monoisotopic (exact) mass is 451 g/mol. The number of carbonyl (C=O) groups is 3. The summed E-state index contributed by atoms with van der Waals surface area (Å²) < 4.78 is 5.09. The van der Waals surface area contributed by atoms with Gasteiger partial charge in [-0.1, -0.05) is 53.5 Å². The van der Waals surface area contributed by atoms with E-state index in [0.717, 1.165) is 32.2 Å². The Morgan fingerprint density at radius 2 is 1.81 bits per heavy atom. The SMILES string of the molecule is CCOC(=O)/C(C)=C/[C@H](C(C)C)N(C)C(=O)[C@@H](NC(=O)C1CCCCCN1C)C(C)(C)C. The van der Waals surface area contributed by atoms with Crippen LogP contribution in [0.3, 0.4) is 0 Å². The van der Waals surface area contributed by atoms with Gasteiger partial charge in [-0.2, -0.15) is 0 Å². The lowest BCUT2D eigenvalue weighted by Gasteiger charge is -2.38. The molecule has 1 unspecified atom stereocenters. The molecule has 0 spiro atoms. The zero-order valence-electron chi connectivity index (χ0n) is 21.7. The highest BCUT2D eigenvalue weighted by atomic mass is 16.5. The highest BCUT2D eigenvalue weighted by Gasteiger charge is 2.38. The van der Waals surface area contributed by atoms with Crippen molar-refractivity contribution in [2.24, 2.45) is 11.3 Å². The van der Waals surface area contributed by atoms with Gasteiger partial charge in [0.05, 0.1) is 18.7 Å². The quantitative estimate of drug-likeness (QED) is 0.452. The molecule has 184 valence electrons. The first-order valence-electron chi connectivity index (χ1n) is 11.9. The van der Waals surface area contributed by atoms with Crippen LogP contribution >= 0.6 is 0 Å². The van der Waals surface area contributed by atoms with Gasteiger partial charge in [0.2, 0.25) is 11.8 Å². The molecule has 1 rings (SSSR count). The first-order chi connectivity index (χ1) is 14.8. The minimum absolute atomic E-state index is 0.0811. The summed E-state index contributed by atoms with van der Waals surface area (Å²) >= 11 is 0. The molecule has 2 amide bonds. The fourth-order valence-electron chi connectivity index (χ4n) is 4.14. The van der Waals surface area contributed by atoms with E-state index in [-0.39, 0.29) is 35.8 Å². The highest BCUT2D eigenvalue weighted by molar-refractivity contribution is 5.91. The number of likely N-dealkylation sites (tertiary alicyclic amines) is 1. The average Bonchev–Trinajstić information content (AvgIpc) is 2.92. The minimum atomic E-state index is -0.672. The van der Waals surface area contributed by atoms with Gasteiger partial charge in [-0.15, -0.1) is 0 Å². The summed E-state index contributed by atoms with van der Waals surface area (Å²) in [6.07, 6.45) is 5.83. The van der Waals surface area contributed by atoms with Crippen molar-refractivity contribution in [2.45, 2.75) is 92.3 Å². The van der Waals surface area contributed by atoms with Crippen molar-refractivity contribution < 1.29 is 19.1 Å². The molecular weight excluding hydrogens is 406 g/mol. The number of nitrogens with zero attached hydrogens (tertiary/aromatic N) is 2. The fraction of sp³-hybridized carbons (Fsp3) is 0.800. The molecule has 0 aromatic rings. The second-order valence-corrected chi connectivity index (χ2v) is 10.4. The largest absolute Gasteiger partial charge is 0.463 e. The summed E-state index contributed by atoms with van der Waals surface area (Å²) in [6, 6.07) is -1.18. The predicted molar refractivity (Wildman–Crippen MR) is 128 cm³/mol. The van der Waals surface area contributed by atoms with Crippen LogP contribution in [0.1, 0.15) is 74.1 Å². The topological polar surface area (TPSA) is 79.0 Å². The van der Waals surface area contributed by atoms with Gasteiger partial charge in [0.25, 0.3) is 0 Å². The Bertz CT molecular complexity index is 681. The van der Waals surface area contributed by atoms with E-state index in [1.165, 1.54) is 0 Å². The summed E-state index contributed by atoms with van der Waals surface area (Å²) in [4.78, 5) is 42.7. The van der Waals surface area contributed by atoms with Crippen LogP contribution in [-0.2, 0) is 19.1 Å². The Kier molecular flexibility index (Phi) is 10.9. The van der Waals surface area contributed by atoms with Crippen LogP contribution in [0, 0.1) is 11.3 Å². The number of carbonyl (C=O) groups excluding carboxylic acids is 3. The van der Waals surface area contributed by atoms with E-state index < -0.39 is 11.5 Å². The van der Waals surface area contributed by atoms with E-state index in [0.29, 0.717) is 12.2 Å². The lowest BCUT2D eigenvalue weighted by Crippen LogP contribution is -2.59. The van der Waals surface area contributed by atoms with Crippen molar-refractivity contribution in [1.29, 1.82) is 0 Å². The zero-order valence-corrected chi connectivity index (χ0v) is 21.7. The maximum atomic E-state index is 13.6. The number of rotatable bonds is 8. The normalized spacial score (nSPS) is 20.3. The van der Waals surface area contributed by atoms with E-state index in [2.05, 4.69) is 10.2 Å². The van der Waals surface area contributed by atoms with Gasteiger partial charge in [0.15, 0.2) is 0 Å². The number of nitrogens with one attached hydrogen (secondary N) is 1. The van der Waals surface area contributed by atoms with Gasteiger partial charge in [-0.05, 0) is 51.6 Å². The second-order valence-electron chi connectivity index (χ2n) is 10.4. The maximum Gasteiger partial charge on any atom is 0.333 e. The van der Waals surface area contributed by atoms with E-state index in [1.54, 1.807) is 31.9 Å². The van der Waals surface area contributed by atoms with Crippen molar-refractivity contribution in [2.75, 3.05) is 27.2 Å². The molecule has 0 radical (unpaired) electrons. The van der Waals surface area contributed by atoms with Crippen LogP contribution in [-0.4, -0.2) is 73.0 Å². The minimum Gasteiger partial charge on any atom is -0.463 e. The van der Waals surface area contributed by atoms with Crippen molar-refractivity contribution >= 4 is 17.8 Å². The summed E-state index contributed by atoms with van der Waals surface area (Å²) in [6.45, 7) is 14.6. The molecule has 1 aliphatic rings. The molecule has 1 fully saturated rings. The lowest BCUT2D eigenvalue weighted by atomic mass is 9.84. The van der Waals surface area contributed by atoms with E-state index in [4.69, 9.17) is 4.74 Å². The Hall–Kier alpha value is -1.89. The van der Waals surface area contributed by atoms with Gasteiger partial charge in [0, 0.05) is 12.6 Å². The molecule has 7 heteroatoms. The highest BCUT2D eigenvalue weighted by Crippen LogP contribution is 2.25. The summed E-state index contributed by atoms with van der Waals surface area (Å²) in [7, 11) is 3.72. The Morgan fingerprint density at radius 1 is 1.19 bits per heavy atom. The number of hydrogen-bond donors (Lipinski definition) is 1. The molecule has 0 aliphatic carbocycles. The van der Waals surface area contributed by atoms with Crippen molar-refractivity contribution in [1.82, 2.24) is 15.1 Å². The number of esters is 1. The molecule has 1 aliphatic heterocycles. The second kappa shape index (κ2) is 12.4. The standard InChI is InChI=1S/C25H45N3O4/c1-10-32-24(31)18(4)16-20(17(2)3)28(9)23(30)21(25(5,6)7)26-22(29)19-14-12-11-13-15-27(19)8/h16-17,19-21H,10-15H2,1-9H3,(H,26,29)/b18-16+/t19?,20-,21-/m1/s1. The summed E-state index contributed by atoms with van der Waals surface area (Å²) in [5.74, 6) is -0.544. The smallest absolute Gasteiger partial charge is 0.333 e. The van der Waals surface area contributed by atoms with Gasteiger partial charge in [-0.25, -0.2) is 4.79 Å². The van der Waals surface area contributed by atoms with E-state index in [1.807, 2.05) is 41.7 Å². The molecule has 0 bridgehead atoms. The van der Waals surface area contributed by atoms with Gasteiger partial charge >= 0.3 is 5.97 Å². The first kappa shape index (κ1) is 28.1. The molecular formula is C25H45N3O4. The van der Waals surface area contributed by atoms with Gasteiger partial charge in [0.1, 0.15) is 6.04 Å². The van der Waals surface area contributed by atoms with E-state index >= 15 is 0 Å². The first-order valence-corrected chi connectivity index (χ1v) is 11.9. The molecule has 7 nitrogen and oxygen atoms in total. The number of hydrogen-bond acceptors (Lipinski definition) is 5. The molecule has 0 aromatic heterocycles. The molecule has 0 aromatic carbocycles. The predicted octanol–water partition coefficient (Wildman–Crippen LogP) is 3.38. The number of amides is 2. The van der Waals surface area contributed by atoms with E-state index in [9.17, 15) is 14.4 Å². The van der Waals surface area contributed by atoms with Crippen molar-refractivity contribution in [3.8, 4) is 0 Å². The Morgan fingerprint density at radius 3 is 2.34 bits per heavy atom. The Balaban J connectivity index is 3.12. The third-order valence-corrected chi connectivity index (χ3v) is 6.22. The Labute approximate surface area is 194 Å². The average molecular weight is 452 g/mol. The lowest BCUT2D eigenvalue weighted by molar-refractivity contribution is -0.141. The third kappa shape index (κ3) is 7.91. The zero-order chi connectivity index (χ0) is 24.6. The molecule has 32 heavy (non-hydrogen) atoms. The van der Waals surface area contributed by atoms with Crippen LogP contribution < -0.4 is 5.32 Å². The van der Waals surface area contributed by atoms with Gasteiger partial charge in [-0.3, -0.25) is 14.5 Å². The van der Waals surface area contributed by atoms with Crippen LogP contribution in [0.5, 0.6) is 0 Å². The van der Waals surface area contributed by atoms with Crippen LogP contribution in [0.4, 0.5) is 0 Å². The van der Waals surface area contributed by atoms with Gasteiger partial charge < -0.3 is 15.0 Å². The van der Waals surface area contributed by atoms with Crippen LogP contribution in [0.2, 0.25) is 0 Å². The van der Waals surface area contributed by atoms with Crippen LogP contribution in [0.25, 0.3) is 0 Å². The molecule has 1 heterocycles. The van der Waals surface area contributed by atoms with Crippen molar-refractivity contribution in [3.63, 3.8) is 0 Å². The molecule has 1 saturated heterocycles. The fourth-order valence-corrected chi connectivity index (χ4v) is 4.14.